The van der Waals surface area contributed by atoms with Gasteiger partial charge in [0.25, 0.3) is 0 Å². The van der Waals surface area contributed by atoms with Crippen molar-refractivity contribution in [3.8, 4) is 0 Å². The van der Waals surface area contributed by atoms with E-state index in [9.17, 15) is 0 Å². The van der Waals surface area contributed by atoms with E-state index in [0.717, 1.165) is 6.54 Å². The molecule has 0 aromatic heterocycles. The van der Waals surface area contributed by atoms with E-state index >= 15 is 0 Å². The fourth-order valence-electron chi connectivity index (χ4n) is 2.45. The van der Waals surface area contributed by atoms with Crippen LogP contribution in [0.4, 0.5) is 0 Å². The molecule has 0 saturated carbocycles. The maximum absolute atomic E-state index is 5.80. The van der Waals surface area contributed by atoms with Crippen molar-refractivity contribution in [2.45, 2.75) is 12.5 Å². The summed E-state index contributed by atoms with van der Waals surface area (Å²) in [5.41, 5.74) is 7.20. The molecule has 2 rings (SSSR count). The van der Waals surface area contributed by atoms with Crippen molar-refractivity contribution in [1.82, 2.24) is 4.90 Å². The minimum absolute atomic E-state index is 0.529. The average Bonchev–Trinajstić information content (AvgIpc) is 2.61. The smallest absolute Gasteiger partial charge is 0.0385 e. The second-order valence-electron chi connectivity index (χ2n) is 4.12. The number of benzene rings is 1. The second-order valence-corrected chi connectivity index (χ2v) is 4.12. The summed E-state index contributed by atoms with van der Waals surface area (Å²) < 4.78 is 0. The number of rotatable bonds is 2. The third-order valence-electron chi connectivity index (χ3n) is 3.22. The summed E-state index contributed by atoms with van der Waals surface area (Å²) in [7, 11) is 2.19. The van der Waals surface area contributed by atoms with Crippen LogP contribution in [-0.2, 0) is 0 Å². The van der Waals surface area contributed by atoms with Gasteiger partial charge in [0.2, 0.25) is 0 Å². The Labute approximate surface area is 85.7 Å². The zero-order chi connectivity index (χ0) is 9.97. The first-order valence-electron chi connectivity index (χ1n) is 5.28. The van der Waals surface area contributed by atoms with E-state index in [1.165, 1.54) is 18.5 Å². The van der Waals surface area contributed by atoms with Crippen LogP contribution in [0.25, 0.3) is 0 Å². The number of hydrogen-bond acceptors (Lipinski definition) is 2. The van der Waals surface area contributed by atoms with Gasteiger partial charge in [0, 0.05) is 6.04 Å². The molecule has 2 nitrogen and oxygen atoms in total. The van der Waals surface area contributed by atoms with Gasteiger partial charge in [-0.1, -0.05) is 30.3 Å². The summed E-state index contributed by atoms with van der Waals surface area (Å²) in [4.78, 5) is 2.41. The van der Waals surface area contributed by atoms with Crippen molar-refractivity contribution in [3.63, 3.8) is 0 Å². The Kier molecular flexibility index (Phi) is 2.85. The molecule has 2 N–H and O–H groups in total. The maximum atomic E-state index is 5.80. The summed E-state index contributed by atoms with van der Waals surface area (Å²) in [6.45, 7) is 1.96. The van der Waals surface area contributed by atoms with Crippen LogP contribution in [0.1, 0.15) is 18.0 Å². The highest BCUT2D eigenvalue weighted by molar-refractivity contribution is 5.21. The second kappa shape index (κ2) is 4.11. The molecule has 0 radical (unpaired) electrons. The minimum atomic E-state index is 0.529. The van der Waals surface area contributed by atoms with Crippen LogP contribution in [0.15, 0.2) is 30.3 Å². The highest BCUT2D eigenvalue weighted by atomic mass is 15.2. The van der Waals surface area contributed by atoms with Crippen LogP contribution in [0, 0.1) is 5.92 Å². The Morgan fingerprint density at radius 1 is 1.36 bits per heavy atom. The first kappa shape index (κ1) is 9.69. The van der Waals surface area contributed by atoms with Gasteiger partial charge >= 0.3 is 0 Å². The topological polar surface area (TPSA) is 29.3 Å². The normalized spacial score (nSPS) is 28.1. The van der Waals surface area contributed by atoms with E-state index in [2.05, 4.69) is 42.3 Å². The lowest BCUT2D eigenvalue weighted by atomic mass is 9.94. The molecule has 76 valence electrons. The molecular weight excluding hydrogens is 172 g/mol. The Balaban J connectivity index is 2.23. The zero-order valence-corrected chi connectivity index (χ0v) is 8.69. The molecule has 1 aliphatic heterocycles. The predicted molar refractivity (Wildman–Crippen MR) is 59.0 cm³/mol. The molecular formula is C12H18N2. The van der Waals surface area contributed by atoms with Gasteiger partial charge < -0.3 is 5.73 Å². The summed E-state index contributed by atoms with van der Waals surface area (Å²) in [5.74, 6) is 0.627. The molecule has 2 heteroatoms. The van der Waals surface area contributed by atoms with Crippen LogP contribution in [0.2, 0.25) is 0 Å². The van der Waals surface area contributed by atoms with Crippen LogP contribution in [0.3, 0.4) is 0 Å². The van der Waals surface area contributed by atoms with Crippen LogP contribution in [-0.4, -0.2) is 25.0 Å². The predicted octanol–water partition coefficient (Wildman–Crippen LogP) is 1.64. The summed E-state index contributed by atoms with van der Waals surface area (Å²) in [5, 5.41) is 0. The van der Waals surface area contributed by atoms with Crippen molar-refractivity contribution in [3.05, 3.63) is 35.9 Å². The van der Waals surface area contributed by atoms with E-state index in [0.29, 0.717) is 12.0 Å². The first-order chi connectivity index (χ1) is 6.83. The van der Waals surface area contributed by atoms with Gasteiger partial charge in [-0.05, 0) is 38.0 Å². The lowest BCUT2D eigenvalue weighted by molar-refractivity contribution is 0.279. The van der Waals surface area contributed by atoms with Gasteiger partial charge in [-0.3, -0.25) is 4.90 Å². The van der Waals surface area contributed by atoms with Crippen molar-refractivity contribution in [2.24, 2.45) is 11.7 Å². The van der Waals surface area contributed by atoms with Crippen molar-refractivity contribution in [1.29, 1.82) is 0 Å². The van der Waals surface area contributed by atoms with Crippen LogP contribution < -0.4 is 5.73 Å². The van der Waals surface area contributed by atoms with Gasteiger partial charge in [0.1, 0.15) is 0 Å². The van der Waals surface area contributed by atoms with Gasteiger partial charge in [-0.2, -0.15) is 0 Å². The number of nitrogens with zero attached hydrogens (tertiary/aromatic N) is 1. The van der Waals surface area contributed by atoms with Gasteiger partial charge in [0.15, 0.2) is 0 Å². The van der Waals surface area contributed by atoms with Crippen LogP contribution >= 0.6 is 0 Å². The first-order valence-corrected chi connectivity index (χ1v) is 5.28. The van der Waals surface area contributed by atoms with E-state index in [1.807, 2.05) is 0 Å². The molecule has 0 amide bonds. The number of hydrogen-bond donors (Lipinski definition) is 1. The van der Waals surface area contributed by atoms with E-state index in [-0.39, 0.29) is 0 Å². The van der Waals surface area contributed by atoms with E-state index in [1.54, 1.807) is 0 Å². The van der Waals surface area contributed by atoms with Crippen molar-refractivity contribution < 1.29 is 0 Å². The Morgan fingerprint density at radius 2 is 2.07 bits per heavy atom. The largest absolute Gasteiger partial charge is 0.330 e. The minimum Gasteiger partial charge on any atom is -0.330 e. The average molecular weight is 190 g/mol. The quantitative estimate of drug-likeness (QED) is 0.768. The molecule has 0 spiro atoms. The third kappa shape index (κ3) is 1.68. The molecule has 0 unspecified atom stereocenters. The molecule has 1 aliphatic rings. The molecule has 1 fully saturated rings. The number of nitrogens with two attached hydrogens (primary N) is 1. The fraction of sp³-hybridized carbons (Fsp3) is 0.500. The van der Waals surface area contributed by atoms with Gasteiger partial charge in [0.05, 0.1) is 0 Å². The highest BCUT2D eigenvalue weighted by Gasteiger charge is 2.31. The molecule has 2 atom stereocenters. The van der Waals surface area contributed by atoms with Crippen LogP contribution in [0.5, 0.6) is 0 Å². The zero-order valence-electron chi connectivity index (χ0n) is 8.69. The Bertz CT molecular complexity index is 284. The lowest BCUT2D eigenvalue weighted by Gasteiger charge is -2.24. The summed E-state index contributed by atoms with van der Waals surface area (Å²) >= 11 is 0. The maximum Gasteiger partial charge on any atom is 0.0385 e. The summed E-state index contributed by atoms with van der Waals surface area (Å²) in [6, 6.07) is 11.2. The molecule has 1 saturated heterocycles. The molecule has 14 heavy (non-hydrogen) atoms. The van der Waals surface area contributed by atoms with Crippen molar-refractivity contribution in [2.75, 3.05) is 20.1 Å². The lowest BCUT2D eigenvalue weighted by Crippen LogP contribution is -2.25. The van der Waals surface area contributed by atoms with Crippen molar-refractivity contribution >= 4 is 0 Å². The van der Waals surface area contributed by atoms with E-state index < -0.39 is 0 Å². The molecule has 0 bridgehead atoms. The van der Waals surface area contributed by atoms with Gasteiger partial charge in [-0.25, -0.2) is 0 Å². The van der Waals surface area contributed by atoms with Gasteiger partial charge in [-0.15, -0.1) is 0 Å². The monoisotopic (exact) mass is 190 g/mol. The summed E-state index contributed by atoms with van der Waals surface area (Å²) in [6.07, 6.45) is 1.23. The molecule has 1 aromatic carbocycles. The Morgan fingerprint density at radius 3 is 2.71 bits per heavy atom. The Hall–Kier alpha value is -0.860. The van der Waals surface area contributed by atoms with E-state index in [4.69, 9.17) is 5.73 Å². The molecule has 1 aromatic rings. The highest BCUT2D eigenvalue weighted by Crippen LogP contribution is 2.34. The third-order valence-corrected chi connectivity index (χ3v) is 3.22. The molecule has 0 aliphatic carbocycles. The standard InChI is InChI=1S/C12H18N2/c1-14-8-7-11(9-13)12(14)10-5-3-2-4-6-10/h2-6,11-12H,7-9,13H2,1H3/t11-,12+/m0/s1. The number of likely N-dealkylation sites (tertiary alicyclic amines) is 1. The fourth-order valence-corrected chi connectivity index (χ4v) is 2.45. The SMILES string of the molecule is CN1CC[C@@H](CN)[C@H]1c1ccccc1. The molecule has 1 heterocycles.